The van der Waals surface area contributed by atoms with Gasteiger partial charge in [-0.2, -0.15) is 0 Å². The smallest absolute Gasteiger partial charge is 0.335 e. The number of carboxylic acids is 1. The number of nitrogens with one attached hydrogen (secondary N) is 1. The Hall–Kier alpha value is -3.68. The third-order valence-electron chi connectivity index (χ3n) is 4.34. The molecule has 4 rings (SSSR count). The Morgan fingerprint density at radius 1 is 1.14 bits per heavy atom. The molecule has 0 atom stereocenters. The molecular weight excluding hydrogens is 366 g/mol. The minimum absolute atomic E-state index is 0.0924. The van der Waals surface area contributed by atoms with Gasteiger partial charge in [0.25, 0.3) is 5.92 Å². The summed E-state index contributed by atoms with van der Waals surface area (Å²) in [5, 5.41) is 13.6. The number of aromatic nitrogens is 3. The van der Waals surface area contributed by atoms with Crippen LogP contribution in [0.1, 0.15) is 22.8 Å². The van der Waals surface area contributed by atoms with Crippen molar-refractivity contribution in [3.8, 4) is 0 Å². The molecule has 0 aliphatic heterocycles. The maximum atomic E-state index is 13.6. The summed E-state index contributed by atoms with van der Waals surface area (Å²) in [4.78, 5) is 24.0. The van der Waals surface area contributed by atoms with E-state index in [1.165, 1.54) is 36.7 Å². The van der Waals surface area contributed by atoms with E-state index in [-0.39, 0.29) is 11.1 Å². The molecule has 0 saturated heterocycles. The summed E-state index contributed by atoms with van der Waals surface area (Å²) >= 11 is 0. The fourth-order valence-electron chi connectivity index (χ4n) is 2.97. The number of hydrogen-bond donors (Lipinski definition) is 2. The Morgan fingerprint density at radius 3 is 2.71 bits per heavy atom. The number of fused-ring (bicyclic) bond motifs is 3. The van der Waals surface area contributed by atoms with Crippen LogP contribution in [-0.2, 0) is 5.92 Å². The fourth-order valence-corrected chi connectivity index (χ4v) is 2.97. The maximum Gasteiger partial charge on any atom is 0.335 e. The van der Waals surface area contributed by atoms with E-state index in [0.29, 0.717) is 33.3 Å². The molecule has 2 N–H and O–H groups in total. The molecule has 0 fully saturated rings. The van der Waals surface area contributed by atoms with Gasteiger partial charge in [0, 0.05) is 35.1 Å². The highest BCUT2D eigenvalue weighted by molar-refractivity contribution is 6.09. The average molecular weight is 380 g/mol. The summed E-state index contributed by atoms with van der Waals surface area (Å²) in [5.74, 6) is -3.72. The molecule has 8 heteroatoms. The summed E-state index contributed by atoms with van der Waals surface area (Å²) in [6.45, 7) is 0.830. The number of benzene rings is 2. The minimum Gasteiger partial charge on any atom is -0.478 e. The average Bonchev–Trinajstić information content (AvgIpc) is 2.67. The number of carbonyl (C=O) groups is 1. The molecule has 0 aliphatic rings. The molecular formula is C20H14F2N4O2. The molecule has 0 saturated carbocycles. The molecule has 2 heterocycles. The summed E-state index contributed by atoms with van der Waals surface area (Å²) < 4.78 is 27.3. The molecule has 2 aromatic heterocycles. The third-order valence-corrected chi connectivity index (χ3v) is 4.34. The normalized spacial score (nSPS) is 11.7. The molecule has 0 aliphatic carbocycles. The molecule has 0 radical (unpaired) electrons. The molecule has 28 heavy (non-hydrogen) atoms. The quantitative estimate of drug-likeness (QED) is 0.498. The summed E-state index contributed by atoms with van der Waals surface area (Å²) in [6, 6.07) is 10.4. The second kappa shape index (κ2) is 6.49. The number of pyridine rings is 1. The van der Waals surface area contributed by atoms with Crippen molar-refractivity contribution in [2.24, 2.45) is 0 Å². The third kappa shape index (κ3) is 3.20. The second-order valence-electron chi connectivity index (χ2n) is 6.38. The van der Waals surface area contributed by atoms with Crippen molar-refractivity contribution in [2.75, 3.05) is 5.32 Å². The van der Waals surface area contributed by atoms with Crippen molar-refractivity contribution in [3.63, 3.8) is 0 Å². The Morgan fingerprint density at radius 2 is 1.96 bits per heavy atom. The zero-order chi connectivity index (χ0) is 19.9. The number of anilines is 2. The number of alkyl halides is 2. The van der Waals surface area contributed by atoms with E-state index in [1.54, 1.807) is 18.3 Å². The minimum atomic E-state index is -2.98. The highest BCUT2D eigenvalue weighted by atomic mass is 19.3. The summed E-state index contributed by atoms with van der Waals surface area (Å²) in [6.07, 6.45) is 2.97. The van der Waals surface area contributed by atoms with Gasteiger partial charge in [-0.05, 0) is 24.3 Å². The largest absolute Gasteiger partial charge is 0.478 e. The van der Waals surface area contributed by atoms with Gasteiger partial charge in [-0.1, -0.05) is 18.2 Å². The highest BCUT2D eigenvalue weighted by Crippen LogP contribution is 2.32. The SMILES string of the molecule is CC(F)(F)c1cccc(Nc2nc3cc(C(=O)O)ccc3c3cncnc23)c1. The number of halogens is 2. The number of hydrogen-bond acceptors (Lipinski definition) is 5. The monoisotopic (exact) mass is 380 g/mol. The zero-order valence-corrected chi connectivity index (χ0v) is 14.6. The summed E-state index contributed by atoms with van der Waals surface area (Å²) in [7, 11) is 0. The van der Waals surface area contributed by atoms with Crippen LogP contribution >= 0.6 is 0 Å². The zero-order valence-electron chi connectivity index (χ0n) is 14.6. The van der Waals surface area contributed by atoms with Crippen molar-refractivity contribution >= 4 is 39.3 Å². The van der Waals surface area contributed by atoms with Crippen molar-refractivity contribution < 1.29 is 18.7 Å². The van der Waals surface area contributed by atoms with E-state index in [0.717, 1.165) is 6.92 Å². The van der Waals surface area contributed by atoms with E-state index in [9.17, 15) is 18.7 Å². The lowest BCUT2D eigenvalue weighted by Gasteiger charge is -2.14. The first-order valence-corrected chi connectivity index (χ1v) is 8.35. The molecule has 2 aromatic carbocycles. The van der Waals surface area contributed by atoms with E-state index < -0.39 is 11.9 Å². The van der Waals surface area contributed by atoms with Crippen molar-refractivity contribution in [1.82, 2.24) is 15.0 Å². The van der Waals surface area contributed by atoms with Crippen LogP contribution in [0.5, 0.6) is 0 Å². The lowest BCUT2D eigenvalue weighted by atomic mass is 10.1. The molecule has 140 valence electrons. The molecule has 0 spiro atoms. The molecule has 0 bridgehead atoms. The molecule has 4 aromatic rings. The predicted octanol–water partition coefficient (Wildman–Crippen LogP) is 4.73. The first-order chi connectivity index (χ1) is 13.3. The van der Waals surface area contributed by atoms with Crippen LogP contribution < -0.4 is 5.32 Å². The maximum absolute atomic E-state index is 13.6. The van der Waals surface area contributed by atoms with Crippen LogP contribution in [-0.4, -0.2) is 26.0 Å². The standard InChI is InChI=1S/C20H14F2N4O2/c1-20(21,22)12-3-2-4-13(8-12)25-18-17-15(9-23-10-24-17)14-6-5-11(19(27)28)7-16(14)26-18/h2-10H,1H3,(H,25,26)(H,27,28). The van der Waals surface area contributed by atoms with Gasteiger partial charge in [0.15, 0.2) is 5.82 Å². The first kappa shape index (κ1) is 17.7. The Kier molecular flexibility index (Phi) is 4.11. The van der Waals surface area contributed by atoms with Crippen LogP contribution in [0.15, 0.2) is 55.0 Å². The van der Waals surface area contributed by atoms with E-state index in [2.05, 4.69) is 20.3 Å². The second-order valence-corrected chi connectivity index (χ2v) is 6.38. The molecule has 0 amide bonds. The van der Waals surface area contributed by atoms with Gasteiger partial charge in [-0.15, -0.1) is 0 Å². The van der Waals surface area contributed by atoms with Gasteiger partial charge in [0.2, 0.25) is 0 Å². The van der Waals surface area contributed by atoms with E-state index in [1.807, 2.05) is 0 Å². The number of rotatable bonds is 4. The Balaban J connectivity index is 1.89. The van der Waals surface area contributed by atoms with Crippen molar-refractivity contribution in [3.05, 3.63) is 66.1 Å². The van der Waals surface area contributed by atoms with Crippen LogP contribution in [0, 0.1) is 0 Å². The number of carboxylic acid groups (broad SMARTS) is 1. The molecule has 0 unspecified atom stereocenters. The molecule has 6 nitrogen and oxygen atoms in total. The van der Waals surface area contributed by atoms with E-state index in [4.69, 9.17) is 0 Å². The highest BCUT2D eigenvalue weighted by Gasteiger charge is 2.24. The first-order valence-electron chi connectivity index (χ1n) is 8.35. The van der Waals surface area contributed by atoms with Gasteiger partial charge < -0.3 is 10.4 Å². The Labute approximate surface area is 157 Å². The van der Waals surface area contributed by atoms with Crippen LogP contribution in [0.3, 0.4) is 0 Å². The van der Waals surface area contributed by atoms with E-state index >= 15 is 0 Å². The lowest BCUT2D eigenvalue weighted by Crippen LogP contribution is -2.07. The van der Waals surface area contributed by atoms with Crippen molar-refractivity contribution in [1.29, 1.82) is 0 Å². The lowest BCUT2D eigenvalue weighted by molar-refractivity contribution is 0.0175. The van der Waals surface area contributed by atoms with Gasteiger partial charge in [0.05, 0.1) is 11.1 Å². The fraction of sp³-hybridized carbons (Fsp3) is 0.100. The Bertz CT molecular complexity index is 1220. The van der Waals surface area contributed by atoms with Crippen LogP contribution in [0.25, 0.3) is 21.8 Å². The van der Waals surface area contributed by atoms with Gasteiger partial charge in [-0.25, -0.2) is 28.5 Å². The number of aromatic carboxylic acids is 1. The topological polar surface area (TPSA) is 88.0 Å². The predicted molar refractivity (Wildman–Crippen MR) is 101 cm³/mol. The van der Waals surface area contributed by atoms with Crippen LogP contribution in [0.4, 0.5) is 20.3 Å². The van der Waals surface area contributed by atoms with Gasteiger partial charge >= 0.3 is 5.97 Å². The number of nitrogens with zero attached hydrogens (tertiary/aromatic N) is 3. The van der Waals surface area contributed by atoms with Crippen molar-refractivity contribution in [2.45, 2.75) is 12.8 Å². The van der Waals surface area contributed by atoms with Gasteiger partial charge in [-0.3, -0.25) is 0 Å². The van der Waals surface area contributed by atoms with Gasteiger partial charge in [0.1, 0.15) is 11.8 Å². The summed E-state index contributed by atoms with van der Waals surface area (Å²) in [5.41, 5.74) is 1.31. The van der Waals surface area contributed by atoms with Crippen LogP contribution in [0.2, 0.25) is 0 Å².